The Morgan fingerprint density at radius 1 is 1.13 bits per heavy atom. The molecule has 0 saturated carbocycles. The molecule has 0 aliphatic carbocycles. The van der Waals surface area contributed by atoms with E-state index in [0.29, 0.717) is 11.7 Å². The lowest BCUT2D eigenvalue weighted by atomic mass is 10.1. The quantitative estimate of drug-likeness (QED) is 0.590. The molecule has 4 rings (SSSR count). The van der Waals surface area contributed by atoms with Gasteiger partial charge in [0.1, 0.15) is 0 Å². The average Bonchev–Trinajstić information content (AvgIpc) is 3.18. The molecule has 1 aromatic heterocycles. The molecule has 0 radical (unpaired) electrons. The summed E-state index contributed by atoms with van der Waals surface area (Å²) in [5.41, 5.74) is 3.87. The topological polar surface area (TPSA) is 77.6 Å². The zero-order valence-corrected chi connectivity index (χ0v) is 19.0. The first-order chi connectivity index (χ1) is 14.8. The van der Waals surface area contributed by atoms with Crippen molar-refractivity contribution in [1.82, 2.24) is 14.2 Å². The third kappa shape index (κ3) is 4.81. The summed E-state index contributed by atoms with van der Waals surface area (Å²) in [4.78, 5) is 6.62. The van der Waals surface area contributed by atoms with E-state index in [1.807, 2.05) is 37.5 Å². The molecular weight excluding hydrogens is 410 g/mol. The third-order valence-corrected chi connectivity index (χ3v) is 7.31. The fourth-order valence-corrected chi connectivity index (χ4v) is 4.68. The van der Waals surface area contributed by atoms with Crippen molar-refractivity contribution in [2.24, 2.45) is 0 Å². The number of benzene rings is 2. The number of nitrogens with zero attached hydrogens (tertiary/aromatic N) is 3. The molecular formula is C23H29N5O2S. The molecule has 2 N–H and O–H groups in total. The SMILES string of the molecule is Cc1c(CN2CCC(Nc3cccc4cnccc34)C2)cccc1NS(=O)(=O)N(C)C. The van der Waals surface area contributed by atoms with E-state index in [-0.39, 0.29) is 0 Å². The number of hydrogen-bond donors (Lipinski definition) is 2. The molecule has 1 fully saturated rings. The van der Waals surface area contributed by atoms with Crippen LogP contribution in [0.1, 0.15) is 17.5 Å². The lowest BCUT2D eigenvalue weighted by Gasteiger charge is -2.21. The Balaban J connectivity index is 1.43. The fraction of sp³-hybridized carbons (Fsp3) is 0.348. The van der Waals surface area contributed by atoms with E-state index in [4.69, 9.17) is 0 Å². The summed E-state index contributed by atoms with van der Waals surface area (Å²) >= 11 is 0. The van der Waals surface area contributed by atoms with Gasteiger partial charge in [-0.1, -0.05) is 24.3 Å². The monoisotopic (exact) mass is 439 g/mol. The van der Waals surface area contributed by atoms with Gasteiger partial charge >= 0.3 is 10.2 Å². The van der Waals surface area contributed by atoms with Crippen LogP contribution in [0.5, 0.6) is 0 Å². The predicted octanol–water partition coefficient (Wildman–Crippen LogP) is 3.45. The molecule has 0 amide bonds. The smallest absolute Gasteiger partial charge is 0.301 e. The van der Waals surface area contributed by atoms with Crippen molar-refractivity contribution in [2.45, 2.75) is 25.9 Å². The van der Waals surface area contributed by atoms with Crippen LogP contribution in [-0.2, 0) is 16.8 Å². The molecule has 1 unspecified atom stereocenters. The maximum absolute atomic E-state index is 12.2. The van der Waals surface area contributed by atoms with Gasteiger partial charge in [-0.3, -0.25) is 14.6 Å². The van der Waals surface area contributed by atoms with Crippen molar-refractivity contribution in [3.8, 4) is 0 Å². The molecule has 2 heterocycles. The summed E-state index contributed by atoms with van der Waals surface area (Å²) in [5.74, 6) is 0. The first-order valence-corrected chi connectivity index (χ1v) is 11.9. The van der Waals surface area contributed by atoms with Gasteiger partial charge in [-0.15, -0.1) is 0 Å². The molecule has 1 aliphatic heterocycles. The number of anilines is 2. The van der Waals surface area contributed by atoms with Crippen LogP contribution in [0, 0.1) is 6.92 Å². The van der Waals surface area contributed by atoms with Gasteiger partial charge in [0, 0.05) is 68.6 Å². The first-order valence-electron chi connectivity index (χ1n) is 10.4. The van der Waals surface area contributed by atoms with E-state index in [1.54, 1.807) is 0 Å². The van der Waals surface area contributed by atoms with E-state index in [0.717, 1.165) is 48.3 Å². The number of aromatic nitrogens is 1. The highest BCUT2D eigenvalue weighted by Gasteiger charge is 2.24. The summed E-state index contributed by atoms with van der Waals surface area (Å²) in [6.07, 6.45) is 4.78. The maximum Gasteiger partial charge on any atom is 0.301 e. The Bertz CT molecular complexity index is 1170. The van der Waals surface area contributed by atoms with Crippen LogP contribution in [0.2, 0.25) is 0 Å². The minimum Gasteiger partial charge on any atom is -0.380 e. The van der Waals surface area contributed by atoms with Crippen molar-refractivity contribution in [3.63, 3.8) is 0 Å². The number of likely N-dealkylation sites (tertiary alicyclic amines) is 1. The number of pyridine rings is 1. The van der Waals surface area contributed by atoms with Gasteiger partial charge in [0.15, 0.2) is 0 Å². The molecule has 2 aromatic carbocycles. The summed E-state index contributed by atoms with van der Waals surface area (Å²) in [6.45, 7) is 4.70. The maximum atomic E-state index is 12.2. The molecule has 31 heavy (non-hydrogen) atoms. The van der Waals surface area contributed by atoms with Gasteiger partial charge in [-0.25, -0.2) is 0 Å². The molecule has 164 valence electrons. The summed E-state index contributed by atoms with van der Waals surface area (Å²) in [6, 6.07) is 14.5. The van der Waals surface area contributed by atoms with Crippen LogP contribution < -0.4 is 10.0 Å². The minimum atomic E-state index is -3.52. The lowest BCUT2D eigenvalue weighted by molar-refractivity contribution is 0.328. The van der Waals surface area contributed by atoms with E-state index < -0.39 is 10.2 Å². The number of hydrogen-bond acceptors (Lipinski definition) is 5. The number of fused-ring (bicyclic) bond motifs is 1. The van der Waals surface area contributed by atoms with Crippen LogP contribution >= 0.6 is 0 Å². The lowest BCUT2D eigenvalue weighted by Crippen LogP contribution is -2.29. The summed E-state index contributed by atoms with van der Waals surface area (Å²) in [7, 11) is -0.485. The normalized spacial score (nSPS) is 17.4. The first kappa shape index (κ1) is 21.5. The second-order valence-electron chi connectivity index (χ2n) is 8.25. The Kier molecular flexibility index (Phi) is 6.13. The van der Waals surface area contributed by atoms with Gasteiger partial charge in [0.05, 0.1) is 5.69 Å². The predicted molar refractivity (Wildman–Crippen MR) is 126 cm³/mol. The Labute approximate surface area is 184 Å². The minimum absolute atomic E-state index is 0.370. The van der Waals surface area contributed by atoms with Crippen molar-refractivity contribution < 1.29 is 8.42 Å². The molecule has 0 bridgehead atoms. The average molecular weight is 440 g/mol. The van der Waals surface area contributed by atoms with Gasteiger partial charge in [0.2, 0.25) is 0 Å². The highest BCUT2D eigenvalue weighted by Crippen LogP contribution is 2.27. The molecule has 1 atom stereocenters. The van der Waals surface area contributed by atoms with E-state index in [1.165, 1.54) is 23.8 Å². The van der Waals surface area contributed by atoms with Gasteiger partial charge in [-0.2, -0.15) is 12.7 Å². The van der Waals surface area contributed by atoms with Gasteiger partial charge < -0.3 is 5.32 Å². The van der Waals surface area contributed by atoms with Crippen molar-refractivity contribution in [3.05, 3.63) is 66.0 Å². The second-order valence-corrected chi connectivity index (χ2v) is 10.1. The van der Waals surface area contributed by atoms with Crippen molar-refractivity contribution >= 4 is 32.4 Å². The zero-order valence-electron chi connectivity index (χ0n) is 18.2. The number of nitrogens with one attached hydrogen (secondary N) is 2. The second kappa shape index (κ2) is 8.82. The summed E-state index contributed by atoms with van der Waals surface area (Å²) < 4.78 is 28.3. The van der Waals surface area contributed by atoms with Crippen LogP contribution in [0.3, 0.4) is 0 Å². The molecule has 0 spiro atoms. The standard InChI is InChI=1S/C23H29N5O2S/c1-17-19(7-5-8-22(17)26-31(29,30)27(2)3)15-28-13-11-20(16-28)25-23-9-4-6-18-14-24-12-10-21(18)23/h4-10,12,14,20,25-26H,11,13,15-16H2,1-3H3. The molecule has 3 aromatic rings. The van der Waals surface area contributed by atoms with Crippen LogP contribution in [0.15, 0.2) is 54.9 Å². The fourth-order valence-electron chi connectivity index (χ4n) is 4.00. The van der Waals surface area contributed by atoms with Crippen LogP contribution in [-0.4, -0.2) is 55.8 Å². The van der Waals surface area contributed by atoms with Gasteiger partial charge in [0.25, 0.3) is 0 Å². The molecule has 1 saturated heterocycles. The van der Waals surface area contributed by atoms with Crippen molar-refractivity contribution in [1.29, 1.82) is 0 Å². The summed E-state index contributed by atoms with van der Waals surface area (Å²) in [5, 5.41) is 6.02. The molecule has 8 heteroatoms. The van der Waals surface area contributed by atoms with Crippen LogP contribution in [0.25, 0.3) is 10.8 Å². The van der Waals surface area contributed by atoms with E-state index in [2.05, 4.69) is 44.2 Å². The molecule has 7 nitrogen and oxygen atoms in total. The third-order valence-electron chi connectivity index (χ3n) is 5.87. The Morgan fingerprint density at radius 3 is 2.71 bits per heavy atom. The van der Waals surface area contributed by atoms with Crippen molar-refractivity contribution in [2.75, 3.05) is 37.2 Å². The Hall–Kier alpha value is -2.68. The highest BCUT2D eigenvalue weighted by atomic mass is 32.2. The largest absolute Gasteiger partial charge is 0.380 e. The zero-order chi connectivity index (χ0) is 22.0. The Morgan fingerprint density at radius 2 is 1.90 bits per heavy atom. The molecule has 1 aliphatic rings. The van der Waals surface area contributed by atoms with E-state index in [9.17, 15) is 8.42 Å². The highest BCUT2D eigenvalue weighted by molar-refractivity contribution is 7.90. The van der Waals surface area contributed by atoms with E-state index >= 15 is 0 Å². The van der Waals surface area contributed by atoms with Crippen LogP contribution in [0.4, 0.5) is 11.4 Å². The number of rotatable bonds is 7. The van der Waals surface area contributed by atoms with Gasteiger partial charge in [-0.05, 0) is 42.7 Å².